The zero-order chi connectivity index (χ0) is 41.5. The van der Waals surface area contributed by atoms with E-state index in [-0.39, 0.29) is 52.8 Å². The molecule has 1 unspecified atom stereocenters. The summed E-state index contributed by atoms with van der Waals surface area (Å²) in [5.74, 6) is -0.567. The fraction of sp³-hybridized carbons (Fsp3) is 0.318. The van der Waals surface area contributed by atoms with E-state index < -0.39 is 24.8 Å². The molecule has 0 saturated carbocycles. The highest BCUT2D eigenvalue weighted by atomic mass is 35.5. The van der Waals surface area contributed by atoms with Gasteiger partial charge in [-0.15, -0.1) is 0 Å². The Morgan fingerprint density at radius 2 is 1.73 bits per heavy atom. The standard InChI is InChI=1S/C44H42Cl2F2N4O7/c1-2-20-56-40-21-31(13-14-38(40)58-43(47)48)39(22-34-35(45)25-51(55)26-36(34)46)57-42(53)30-11-9-28(10-12-30)24-52(44(54)59-41-27-50-18-15-29(41)16-19-50)37-8-4-3-7-33(37)32-6-5-17-49-23-32/h3-14,17,21,23,25-26,29,39,41,43H,2,15-16,18-20,22,24,27H2,1H3/t39?,41-/m0/s1. The number of nitrogens with zero attached hydrogens (tertiary/aromatic N) is 4. The lowest BCUT2D eigenvalue weighted by molar-refractivity contribution is -0.605. The van der Waals surface area contributed by atoms with Crippen molar-refractivity contribution in [3.05, 3.63) is 141 Å². The fourth-order valence-electron chi connectivity index (χ4n) is 7.47. The molecule has 1 amide bonds. The van der Waals surface area contributed by atoms with Gasteiger partial charge in [-0.25, -0.2) is 9.59 Å². The highest BCUT2D eigenvalue weighted by Crippen LogP contribution is 2.38. The molecular formula is C44H42Cl2F2N4O7. The molecule has 5 heterocycles. The summed E-state index contributed by atoms with van der Waals surface area (Å²) >= 11 is 12.9. The van der Waals surface area contributed by atoms with Crippen molar-refractivity contribution in [2.45, 2.75) is 58.0 Å². The van der Waals surface area contributed by atoms with Gasteiger partial charge in [-0.3, -0.25) is 14.8 Å². The number of halogens is 4. The Balaban J connectivity index is 1.16. The lowest BCUT2D eigenvalue weighted by Gasteiger charge is -2.44. The first kappa shape index (κ1) is 41.7. The van der Waals surface area contributed by atoms with E-state index in [1.165, 1.54) is 18.2 Å². The Labute approximate surface area is 350 Å². The number of para-hydroxylation sites is 1. The third kappa shape index (κ3) is 10.2. The Morgan fingerprint density at radius 1 is 0.983 bits per heavy atom. The largest absolute Gasteiger partial charge is 0.619 e. The topological polar surface area (TPSA) is 117 Å². The monoisotopic (exact) mass is 846 g/mol. The van der Waals surface area contributed by atoms with Crippen molar-refractivity contribution in [3.63, 3.8) is 0 Å². The van der Waals surface area contributed by atoms with E-state index >= 15 is 0 Å². The minimum atomic E-state index is -3.10. The molecule has 8 rings (SSSR count). The van der Waals surface area contributed by atoms with Crippen molar-refractivity contribution in [1.82, 2.24) is 9.88 Å². The predicted molar refractivity (Wildman–Crippen MR) is 218 cm³/mol. The first-order valence-corrected chi connectivity index (χ1v) is 20.1. The summed E-state index contributed by atoms with van der Waals surface area (Å²) < 4.78 is 49.7. The summed E-state index contributed by atoms with van der Waals surface area (Å²) in [6.07, 6.45) is 6.42. The number of carbonyl (C=O) groups excluding carboxylic acids is 2. The number of hydrogen-bond donors (Lipinski definition) is 0. The van der Waals surface area contributed by atoms with E-state index in [0.717, 1.165) is 49.5 Å². The first-order chi connectivity index (χ1) is 28.6. The number of esters is 1. The average molecular weight is 848 g/mol. The van der Waals surface area contributed by atoms with Crippen molar-refractivity contribution in [1.29, 1.82) is 0 Å². The second-order valence-electron chi connectivity index (χ2n) is 14.4. The smallest absolute Gasteiger partial charge is 0.414 e. The number of anilines is 1. The zero-order valence-corrected chi connectivity index (χ0v) is 33.7. The Morgan fingerprint density at radius 3 is 2.39 bits per heavy atom. The molecule has 11 nitrogen and oxygen atoms in total. The van der Waals surface area contributed by atoms with E-state index in [1.807, 2.05) is 43.3 Å². The maximum absolute atomic E-state index is 14.2. The SMILES string of the molecule is CCCOc1cc(C(Cc2c(Cl)c[n+]([O-])cc2Cl)OC(=O)c2ccc(CN(C(=O)O[C@H]3CN4CCC3CC4)c3ccccc3-c3cccnc3)cc2)ccc1OC(F)F. The minimum absolute atomic E-state index is 0.0272. The molecule has 0 aliphatic carbocycles. The van der Waals surface area contributed by atoms with Crippen molar-refractivity contribution in [2.24, 2.45) is 5.92 Å². The van der Waals surface area contributed by atoms with Crippen LogP contribution in [-0.2, 0) is 22.4 Å². The van der Waals surface area contributed by atoms with Gasteiger partial charge in [0.1, 0.15) is 22.3 Å². The number of carbonyl (C=O) groups is 2. The number of rotatable bonds is 15. The van der Waals surface area contributed by atoms with Crippen LogP contribution in [0.2, 0.25) is 10.0 Å². The number of aromatic nitrogens is 2. The number of amides is 1. The minimum Gasteiger partial charge on any atom is -0.619 e. The second-order valence-corrected chi connectivity index (χ2v) is 15.2. The van der Waals surface area contributed by atoms with Crippen LogP contribution in [0.5, 0.6) is 11.5 Å². The van der Waals surface area contributed by atoms with Crippen LogP contribution in [0, 0.1) is 11.1 Å². The molecule has 0 spiro atoms. The summed E-state index contributed by atoms with van der Waals surface area (Å²) in [6.45, 7) is 1.83. The van der Waals surface area contributed by atoms with E-state index in [9.17, 15) is 23.6 Å². The molecule has 3 aliphatic rings. The van der Waals surface area contributed by atoms with Crippen LogP contribution < -0.4 is 19.1 Å². The molecule has 15 heteroatoms. The molecule has 3 fully saturated rings. The van der Waals surface area contributed by atoms with Gasteiger partial charge in [0.25, 0.3) is 0 Å². The highest BCUT2D eigenvalue weighted by Gasteiger charge is 2.38. The van der Waals surface area contributed by atoms with Gasteiger partial charge in [-0.05, 0) is 85.8 Å². The van der Waals surface area contributed by atoms with Gasteiger partial charge in [0.05, 0.1) is 24.4 Å². The molecule has 3 saturated heterocycles. The molecule has 308 valence electrons. The fourth-order valence-corrected chi connectivity index (χ4v) is 8.07. The van der Waals surface area contributed by atoms with Gasteiger partial charge in [0, 0.05) is 42.0 Å². The van der Waals surface area contributed by atoms with Crippen LogP contribution in [0.4, 0.5) is 19.3 Å². The van der Waals surface area contributed by atoms with E-state index in [1.54, 1.807) is 41.6 Å². The zero-order valence-electron chi connectivity index (χ0n) is 32.1. The molecule has 2 bridgehead atoms. The number of pyridine rings is 2. The van der Waals surface area contributed by atoms with Gasteiger partial charge in [0.15, 0.2) is 23.9 Å². The molecule has 2 atom stereocenters. The maximum Gasteiger partial charge on any atom is 0.414 e. The summed E-state index contributed by atoms with van der Waals surface area (Å²) in [7, 11) is 0. The Bertz CT molecular complexity index is 2220. The van der Waals surface area contributed by atoms with Crippen LogP contribution in [0.1, 0.15) is 59.3 Å². The molecule has 2 aromatic heterocycles. The summed E-state index contributed by atoms with van der Waals surface area (Å²) in [5, 5.41) is 12.1. The molecule has 3 aromatic carbocycles. The quantitative estimate of drug-likeness (QED) is 0.0577. The number of alkyl halides is 2. The molecule has 59 heavy (non-hydrogen) atoms. The Hall–Kier alpha value is -5.50. The lowest BCUT2D eigenvalue weighted by Crippen LogP contribution is -2.53. The number of hydrogen-bond acceptors (Lipinski definition) is 9. The van der Waals surface area contributed by atoms with Crippen LogP contribution in [0.3, 0.4) is 0 Å². The van der Waals surface area contributed by atoms with Crippen molar-refractivity contribution in [2.75, 3.05) is 31.1 Å². The Kier molecular flexibility index (Phi) is 13.4. The summed E-state index contributed by atoms with van der Waals surface area (Å²) in [4.78, 5) is 36.3. The van der Waals surface area contributed by atoms with Gasteiger partial charge in [-0.2, -0.15) is 13.5 Å². The predicted octanol–water partition coefficient (Wildman–Crippen LogP) is 9.46. The van der Waals surface area contributed by atoms with Crippen molar-refractivity contribution < 1.29 is 42.0 Å². The molecule has 0 N–H and O–H groups in total. The van der Waals surface area contributed by atoms with Crippen LogP contribution in [0.25, 0.3) is 11.1 Å². The molecule has 3 aliphatic heterocycles. The average Bonchev–Trinajstić information content (AvgIpc) is 3.24. The normalized spacial score (nSPS) is 17.6. The van der Waals surface area contributed by atoms with Crippen LogP contribution in [0.15, 0.2) is 104 Å². The van der Waals surface area contributed by atoms with Gasteiger partial charge >= 0.3 is 18.7 Å². The van der Waals surface area contributed by atoms with Gasteiger partial charge < -0.3 is 24.2 Å². The highest BCUT2D eigenvalue weighted by molar-refractivity contribution is 6.35. The number of ether oxygens (including phenoxy) is 4. The molecule has 5 aromatic rings. The van der Waals surface area contributed by atoms with Crippen molar-refractivity contribution >= 4 is 41.0 Å². The maximum atomic E-state index is 14.2. The summed E-state index contributed by atoms with van der Waals surface area (Å²) in [6, 6.07) is 22.2. The lowest BCUT2D eigenvalue weighted by atomic mass is 9.86. The number of fused-ring (bicyclic) bond motifs is 3. The van der Waals surface area contributed by atoms with E-state index in [4.69, 9.17) is 37.4 Å². The first-order valence-electron chi connectivity index (χ1n) is 19.3. The second kappa shape index (κ2) is 19.0. The van der Waals surface area contributed by atoms with Crippen LogP contribution >= 0.6 is 23.2 Å². The van der Waals surface area contributed by atoms with E-state index in [0.29, 0.717) is 46.0 Å². The van der Waals surface area contributed by atoms with Gasteiger partial charge in [0.2, 0.25) is 0 Å². The number of piperidine rings is 3. The number of benzene rings is 3. The molecule has 0 radical (unpaired) electrons. The third-order valence-corrected chi connectivity index (χ3v) is 11.1. The van der Waals surface area contributed by atoms with Gasteiger partial charge in [-0.1, -0.05) is 72.6 Å². The van der Waals surface area contributed by atoms with Crippen LogP contribution in [-0.4, -0.2) is 60.9 Å². The summed E-state index contributed by atoms with van der Waals surface area (Å²) in [5.41, 5.74) is 3.89. The van der Waals surface area contributed by atoms with E-state index in [2.05, 4.69) is 14.6 Å². The van der Waals surface area contributed by atoms with Crippen molar-refractivity contribution in [3.8, 4) is 22.6 Å². The molecular weight excluding hydrogens is 805 g/mol. The third-order valence-electron chi connectivity index (χ3n) is 10.5.